The van der Waals surface area contributed by atoms with Gasteiger partial charge in [0.2, 0.25) is 0 Å². The molecule has 0 aliphatic carbocycles. The fourth-order valence-corrected chi connectivity index (χ4v) is 1.82. The van der Waals surface area contributed by atoms with Crippen molar-refractivity contribution >= 4 is 34.8 Å². The van der Waals surface area contributed by atoms with E-state index in [4.69, 9.17) is 16.3 Å². The van der Waals surface area contributed by atoms with E-state index in [1.165, 1.54) is 0 Å². The van der Waals surface area contributed by atoms with E-state index in [2.05, 4.69) is 10.6 Å². The van der Waals surface area contributed by atoms with Crippen LogP contribution in [0.4, 0.5) is 21.9 Å². The van der Waals surface area contributed by atoms with Crippen molar-refractivity contribution in [2.24, 2.45) is 0 Å². The van der Waals surface area contributed by atoms with Gasteiger partial charge in [0.25, 0.3) is 0 Å². The Morgan fingerprint density at radius 3 is 2.40 bits per heavy atom. The van der Waals surface area contributed by atoms with Gasteiger partial charge in [-0.2, -0.15) is 0 Å². The van der Waals surface area contributed by atoms with Crippen molar-refractivity contribution < 1.29 is 9.53 Å². The van der Waals surface area contributed by atoms with Crippen molar-refractivity contribution in [3.63, 3.8) is 0 Å². The van der Waals surface area contributed by atoms with Crippen LogP contribution in [0.5, 0.6) is 0 Å². The van der Waals surface area contributed by atoms with Crippen LogP contribution in [0.15, 0.2) is 48.5 Å². The summed E-state index contributed by atoms with van der Waals surface area (Å²) in [6.45, 7) is 2.11. The molecule has 104 valence electrons. The zero-order valence-corrected chi connectivity index (χ0v) is 11.8. The van der Waals surface area contributed by atoms with E-state index in [-0.39, 0.29) is 0 Å². The van der Waals surface area contributed by atoms with E-state index in [0.29, 0.717) is 17.3 Å². The number of anilines is 3. The number of carbonyl (C=O) groups excluding carboxylic acids is 1. The number of amides is 1. The van der Waals surface area contributed by atoms with Gasteiger partial charge in [-0.15, -0.1) is 0 Å². The average molecular weight is 291 g/mol. The molecule has 4 nitrogen and oxygen atoms in total. The summed E-state index contributed by atoms with van der Waals surface area (Å²) in [6, 6.07) is 14.8. The van der Waals surface area contributed by atoms with Crippen LogP contribution < -0.4 is 10.6 Å². The van der Waals surface area contributed by atoms with Crippen molar-refractivity contribution in [3.8, 4) is 0 Å². The molecule has 5 heteroatoms. The van der Waals surface area contributed by atoms with Crippen LogP contribution in [-0.4, -0.2) is 12.7 Å². The minimum atomic E-state index is -0.459. The number of hydrogen-bond acceptors (Lipinski definition) is 3. The van der Waals surface area contributed by atoms with E-state index in [0.717, 1.165) is 11.4 Å². The minimum Gasteiger partial charge on any atom is -0.450 e. The van der Waals surface area contributed by atoms with Gasteiger partial charge in [0.1, 0.15) is 0 Å². The highest BCUT2D eigenvalue weighted by atomic mass is 35.5. The molecule has 2 rings (SSSR count). The number of nitrogens with one attached hydrogen (secondary N) is 2. The van der Waals surface area contributed by atoms with Crippen molar-refractivity contribution in [2.75, 3.05) is 17.2 Å². The standard InChI is InChI=1S/C15H15ClN2O2/c1-2-20-15(19)18-12-9-7-11(8-10-12)17-14-6-4-3-5-13(14)16/h3-10,17H,2H2,1H3,(H,18,19). The second-order valence-electron chi connectivity index (χ2n) is 4.03. The van der Waals surface area contributed by atoms with E-state index >= 15 is 0 Å². The number of ether oxygens (including phenoxy) is 1. The first-order chi connectivity index (χ1) is 9.69. The van der Waals surface area contributed by atoms with Gasteiger partial charge in [0, 0.05) is 11.4 Å². The molecule has 0 saturated carbocycles. The number of benzene rings is 2. The predicted octanol–water partition coefficient (Wildman–Crippen LogP) is 4.65. The molecule has 1 amide bonds. The third kappa shape index (κ3) is 3.90. The summed E-state index contributed by atoms with van der Waals surface area (Å²) in [5.74, 6) is 0. The van der Waals surface area contributed by atoms with Crippen LogP contribution >= 0.6 is 11.6 Å². The molecule has 0 aliphatic rings. The maximum absolute atomic E-state index is 11.3. The Kier molecular flexibility index (Phi) is 4.85. The van der Waals surface area contributed by atoms with Gasteiger partial charge in [-0.25, -0.2) is 4.79 Å². The van der Waals surface area contributed by atoms with Gasteiger partial charge < -0.3 is 10.1 Å². The van der Waals surface area contributed by atoms with Gasteiger partial charge in [0.15, 0.2) is 0 Å². The molecule has 0 radical (unpaired) electrons. The summed E-state index contributed by atoms with van der Waals surface area (Å²) in [5, 5.41) is 6.49. The first-order valence-electron chi connectivity index (χ1n) is 6.24. The molecule has 0 fully saturated rings. The summed E-state index contributed by atoms with van der Waals surface area (Å²) >= 11 is 6.07. The molecule has 2 N–H and O–H groups in total. The van der Waals surface area contributed by atoms with Crippen molar-refractivity contribution in [1.82, 2.24) is 0 Å². The summed E-state index contributed by atoms with van der Waals surface area (Å²) < 4.78 is 4.80. The number of carbonyl (C=O) groups is 1. The summed E-state index contributed by atoms with van der Waals surface area (Å²) in [5.41, 5.74) is 2.39. The van der Waals surface area contributed by atoms with Crippen LogP contribution in [0.25, 0.3) is 0 Å². The molecule has 2 aromatic carbocycles. The fourth-order valence-electron chi connectivity index (χ4n) is 1.64. The Morgan fingerprint density at radius 1 is 1.10 bits per heavy atom. The van der Waals surface area contributed by atoms with Gasteiger partial charge in [-0.3, -0.25) is 5.32 Å². The molecule has 0 atom stereocenters. The predicted molar refractivity (Wildman–Crippen MR) is 81.8 cm³/mol. The molecule has 0 spiro atoms. The van der Waals surface area contributed by atoms with Crippen LogP contribution in [0.1, 0.15) is 6.92 Å². The smallest absolute Gasteiger partial charge is 0.411 e. The third-order valence-electron chi connectivity index (χ3n) is 2.56. The third-order valence-corrected chi connectivity index (χ3v) is 2.89. The topological polar surface area (TPSA) is 50.4 Å². The molecular weight excluding hydrogens is 276 g/mol. The van der Waals surface area contributed by atoms with Gasteiger partial charge in [-0.05, 0) is 43.3 Å². The Hall–Kier alpha value is -2.20. The first kappa shape index (κ1) is 14.2. The monoisotopic (exact) mass is 290 g/mol. The van der Waals surface area contributed by atoms with Gasteiger partial charge in [-0.1, -0.05) is 23.7 Å². The van der Waals surface area contributed by atoms with Crippen LogP contribution in [0, 0.1) is 0 Å². The molecule has 0 bridgehead atoms. The summed E-state index contributed by atoms with van der Waals surface area (Å²) in [4.78, 5) is 11.3. The Morgan fingerprint density at radius 2 is 1.75 bits per heavy atom. The highest BCUT2D eigenvalue weighted by molar-refractivity contribution is 6.33. The Labute approximate surface area is 122 Å². The summed E-state index contributed by atoms with van der Waals surface area (Å²) in [7, 11) is 0. The van der Waals surface area contributed by atoms with Crippen LogP contribution in [-0.2, 0) is 4.74 Å². The molecule has 0 aliphatic heterocycles. The van der Waals surface area contributed by atoms with E-state index < -0.39 is 6.09 Å². The average Bonchev–Trinajstić information content (AvgIpc) is 2.44. The Bertz CT molecular complexity index is 585. The number of hydrogen-bond donors (Lipinski definition) is 2. The second-order valence-corrected chi connectivity index (χ2v) is 4.43. The maximum atomic E-state index is 11.3. The van der Waals surface area contributed by atoms with E-state index in [1.807, 2.05) is 36.4 Å². The number of rotatable bonds is 4. The molecule has 0 heterocycles. The van der Waals surface area contributed by atoms with Crippen LogP contribution in [0.3, 0.4) is 0 Å². The minimum absolute atomic E-state index is 0.345. The van der Waals surface area contributed by atoms with Crippen LogP contribution in [0.2, 0.25) is 5.02 Å². The normalized spacial score (nSPS) is 9.90. The second kappa shape index (κ2) is 6.82. The fraction of sp³-hybridized carbons (Fsp3) is 0.133. The molecule has 0 saturated heterocycles. The molecule has 2 aromatic rings. The highest BCUT2D eigenvalue weighted by Gasteiger charge is 2.02. The lowest BCUT2D eigenvalue weighted by molar-refractivity contribution is 0.168. The lowest BCUT2D eigenvalue weighted by atomic mass is 10.2. The van der Waals surface area contributed by atoms with Crippen molar-refractivity contribution in [2.45, 2.75) is 6.92 Å². The van der Waals surface area contributed by atoms with Gasteiger partial charge in [0.05, 0.1) is 17.3 Å². The number of halogens is 1. The maximum Gasteiger partial charge on any atom is 0.411 e. The lowest BCUT2D eigenvalue weighted by Gasteiger charge is -2.09. The van der Waals surface area contributed by atoms with Crippen molar-refractivity contribution in [1.29, 1.82) is 0 Å². The van der Waals surface area contributed by atoms with E-state index in [1.54, 1.807) is 19.1 Å². The molecular formula is C15H15ClN2O2. The number of para-hydroxylation sites is 1. The van der Waals surface area contributed by atoms with E-state index in [9.17, 15) is 4.79 Å². The molecule has 0 unspecified atom stereocenters. The first-order valence-corrected chi connectivity index (χ1v) is 6.62. The SMILES string of the molecule is CCOC(=O)Nc1ccc(Nc2ccccc2Cl)cc1. The zero-order chi connectivity index (χ0) is 14.4. The quantitative estimate of drug-likeness (QED) is 0.861. The highest BCUT2D eigenvalue weighted by Crippen LogP contribution is 2.25. The zero-order valence-electron chi connectivity index (χ0n) is 11.0. The molecule has 0 aromatic heterocycles. The van der Waals surface area contributed by atoms with Gasteiger partial charge >= 0.3 is 6.09 Å². The Balaban J connectivity index is 2.02. The summed E-state index contributed by atoms with van der Waals surface area (Å²) in [6.07, 6.45) is -0.459. The molecule has 20 heavy (non-hydrogen) atoms. The lowest BCUT2D eigenvalue weighted by Crippen LogP contribution is -2.13. The van der Waals surface area contributed by atoms with Crippen molar-refractivity contribution in [3.05, 3.63) is 53.6 Å². The largest absolute Gasteiger partial charge is 0.450 e.